The van der Waals surface area contributed by atoms with Crippen molar-refractivity contribution in [2.75, 3.05) is 11.5 Å². The molecule has 1 fully saturated rings. The maximum Gasteiger partial charge on any atom is 0.358 e. The number of rotatable bonds is 13. The van der Waals surface area contributed by atoms with Gasteiger partial charge in [-0.15, -0.1) is 23.1 Å². The van der Waals surface area contributed by atoms with Gasteiger partial charge in [0.2, 0.25) is 11.9 Å². The predicted octanol–water partition coefficient (Wildman–Crippen LogP) is 5.65. The number of nitrogens with two attached hydrogens (primary N) is 1. The van der Waals surface area contributed by atoms with E-state index in [1.54, 1.807) is 36.0 Å². The summed E-state index contributed by atoms with van der Waals surface area (Å²) in [6.07, 6.45) is 5.55. The number of hydrogen-bond donors (Lipinski definition) is 2. The van der Waals surface area contributed by atoms with E-state index < -0.39 is 47.1 Å². The molecule has 0 bridgehead atoms. The summed E-state index contributed by atoms with van der Waals surface area (Å²) < 4.78 is 10.5. The summed E-state index contributed by atoms with van der Waals surface area (Å²) in [7, 11) is 0. The number of nitrogen functional groups attached to an aromatic ring is 1. The number of nitrogens with zero attached hydrogens (tertiary/aromatic N) is 4. The zero-order valence-corrected chi connectivity index (χ0v) is 32.3. The monoisotopic (exact) mass is 800 g/mol. The van der Waals surface area contributed by atoms with E-state index in [9.17, 15) is 19.2 Å². The highest BCUT2D eigenvalue weighted by Crippen LogP contribution is 2.43. The first-order valence-corrected chi connectivity index (χ1v) is 19.7. The van der Waals surface area contributed by atoms with Gasteiger partial charge in [-0.2, -0.15) is 0 Å². The van der Waals surface area contributed by atoms with Crippen LogP contribution in [0.5, 0.6) is 0 Å². The smallest absolute Gasteiger partial charge is 0.358 e. The van der Waals surface area contributed by atoms with E-state index in [0.29, 0.717) is 5.57 Å². The Bertz CT molecular complexity index is 2260. The van der Waals surface area contributed by atoms with Gasteiger partial charge in [0.15, 0.2) is 10.8 Å². The minimum absolute atomic E-state index is 0.0312. The molecular weight excluding hydrogens is 765 g/mol. The lowest BCUT2D eigenvalue weighted by Gasteiger charge is -2.49. The second-order valence-corrected chi connectivity index (χ2v) is 14.8. The Morgan fingerprint density at radius 1 is 0.930 bits per heavy atom. The zero-order chi connectivity index (χ0) is 39.9. The number of carbonyl (C=O) groups is 4. The van der Waals surface area contributed by atoms with Crippen molar-refractivity contribution in [3.05, 3.63) is 166 Å². The quantitative estimate of drug-likeness (QED) is 0.0376. The van der Waals surface area contributed by atoms with Crippen molar-refractivity contribution in [1.29, 1.82) is 0 Å². The molecule has 2 aromatic heterocycles. The summed E-state index contributed by atoms with van der Waals surface area (Å²) in [5, 5.41) is 8.44. The molecular formula is C42H36N6O7S2. The third-order valence-electron chi connectivity index (χ3n) is 9.04. The molecule has 1 unspecified atom stereocenters. The lowest BCUT2D eigenvalue weighted by molar-refractivity contribution is -0.182. The highest BCUT2D eigenvalue weighted by Gasteiger charge is 2.55. The first kappa shape index (κ1) is 38.7. The van der Waals surface area contributed by atoms with Gasteiger partial charge in [-0.05, 0) is 17.2 Å². The Morgan fingerprint density at radius 2 is 1.56 bits per heavy atom. The maximum absolute atomic E-state index is 14.3. The summed E-state index contributed by atoms with van der Waals surface area (Å²) in [6.45, 7) is 2.59. The number of hydrogen-bond acceptors (Lipinski definition) is 13. The van der Waals surface area contributed by atoms with Crippen LogP contribution >= 0.6 is 23.1 Å². The number of allylic oxidation sites excluding steroid dienone is 1. The van der Waals surface area contributed by atoms with E-state index in [-0.39, 0.29) is 28.0 Å². The third kappa shape index (κ3) is 8.20. The number of thioether (sulfide) groups is 1. The van der Waals surface area contributed by atoms with Crippen LogP contribution in [0.25, 0.3) is 6.08 Å². The van der Waals surface area contributed by atoms with Gasteiger partial charge in [0, 0.05) is 54.1 Å². The van der Waals surface area contributed by atoms with Crippen molar-refractivity contribution in [2.45, 2.75) is 37.2 Å². The summed E-state index contributed by atoms with van der Waals surface area (Å²) in [6, 6.07) is 31.1. The number of benzene rings is 3. The molecule has 3 N–H and O–H groups in total. The van der Waals surface area contributed by atoms with Crippen LogP contribution in [0.1, 0.15) is 41.8 Å². The van der Waals surface area contributed by atoms with E-state index in [4.69, 9.17) is 20.0 Å². The fourth-order valence-electron chi connectivity index (χ4n) is 6.50. The van der Waals surface area contributed by atoms with Crippen LogP contribution in [0.15, 0.2) is 143 Å². The van der Waals surface area contributed by atoms with Crippen LogP contribution in [0.4, 0.5) is 5.13 Å². The molecule has 15 heteroatoms. The van der Waals surface area contributed by atoms with E-state index >= 15 is 0 Å². The Kier molecular flexibility index (Phi) is 11.6. The molecule has 1 saturated heterocycles. The Hall–Kier alpha value is -6.58. The minimum atomic E-state index is -1.32. The van der Waals surface area contributed by atoms with Gasteiger partial charge in [-0.25, -0.2) is 9.78 Å². The van der Waals surface area contributed by atoms with E-state index in [2.05, 4.69) is 20.4 Å². The molecule has 0 saturated carbocycles. The minimum Gasteiger partial charge on any atom is -0.426 e. The van der Waals surface area contributed by atoms with Crippen molar-refractivity contribution in [3.8, 4) is 0 Å². The normalized spacial score (nSPS) is 17.3. The fourth-order valence-corrected chi connectivity index (χ4v) is 8.36. The fraction of sp³-hybridized carbons (Fsp3) is 0.167. The van der Waals surface area contributed by atoms with Crippen LogP contribution in [0.3, 0.4) is 0 Å². The topological polar surface area (TPSA) is 175 Å². The molecule has 2 amide bonds. The number of pyridine rings is 1. The zero-order valence-electron chi connectivity index (χ0n) is 30.7. The van der Waals surface area contributed by atoms with Crippen molar-refractivity contribution < 1.29 is 33.5 Å². The number of thiazole rings is 1. The molecule has 2 aliphatic heterocycles. The Balaban J connectivity index is 1.22. The van der Waals surface area contributed by atoms with Gasteiger partial charge in [0.05, 0.1) is 0 Å². The molecule has 57 heavy (non-hydrogen) atoms. The summed E-state index contributed by atoms with van der Waals surface area (Å²) in [5.41, 5.74) is 8.10. The number of aromatic nitrogens is 2. The summed E-state index contributed by atoms with van der Waals surface area (Å²) in [4.78, 5) is 69.9. The molecule has 4 heterocycles. The van der Waals surface area contributed by atoms with Crippen LogP contribution < -0.4 is 11.1 Å². The standard InChI is InChI=1S/C42H36N6O7S2/c1-26(49)53-27(2)54-40(52)36-29(21-20-28-13-12-22-44-23-28)24-56-39-35(38(51)48(36)39)46-37(50)34(33-25-57-41(43)45-33)47-55-42(30-14-6-3-7-15-30,31-16-8-4-9-17-31)32-18-10-5-11-19-32/h3-23,25,27,35,39H,24H2,1-2H3,(H2,43,45)(H,46,50)/b21-20-,47-34+/t27?,35-,39-/m1/s1. The van der Waals surface area contributed by atoms with Gasteiger partial charge in [0.1, 0.15) is 22.8 Å². The Labute approximate surface area is 336 Å². The van der Waals surface area contributed by atoms with Gasteiger partial charge in [-0.1, -0.05) is 114 Å². The maximum atomic E-state index is 14.3. The molecule has 0 spiro atoms. The lowest BCUT2D eigenvalue weighted by atomic mass is 9.80. The first-order valence-electron chi connectivity index (χ1n) is 17.7. The first-order chi connectivity index (χ1) is 27.7. The molecule has 3 atom stereocenters. The number of ether oxygens (including phenoxy) is 2. The molecule has 288 valence electrons. The van der Waals surface area contributed by atoms with Gasteiger partial charge >= 0.3 is 11.9 Å². The Morgan fingerprint density at radius 3 is 2.11 bits per heavy atom. The predicted molar refractivity (Wildman–Crippen MR) is 216 cm³/mol. The van der Waals surface area contributed by atoms with Gasteiger partial charge in [-0.3, -0.25) is 24.3 Å². The van der Waals surface area contributed by atoms with E-state index in [0.717, 1.165) is 33.6 Å². The van der Waals surface area contributed by atoms with Gasteiger partial charge in [0.25, 0.3) is 11.8 Å². The second-order valence-electron chi connectivity index (χ2n) is 12.8. The van der Waals surface area contributed by atoms with Crippen LogP contribution in [-0.4, -0.2) is 67.8 Å². The van der Waals surface area contributed by atoms with Crippen LogP contribution in [-0.2, 0) is 39.1 Å². The molecule has 5 aromatic rings. The molecule has 2 aliphatic rings. The highest BCUT2D eigenvalue weighted by atomic mass is 32.2. The van der Waals surface area contributed by atoms with Crippen molar-refractivity contribution >= 4 is 63.8 Å². The number of carbonyl (C=O) groups excluding carboxylic acids is 4. The number of β-lactam (4-membered cyclic amide) rings is 1. The number of amides is 2. The number of esters is 2. The van der Waals surface area contributed by atoms with Crippen molar-refractivity contribution in [2.24, 2.45) is 5.16 Å². The number of oxime groups is 1. The second kappa shape index (κ2) is 17.1. The number of anilines is 1. The van der Waals surface area contributed by atoms with Gasteiger partial charge < -0.3 is 25.4 Å². The largest absolute Gasteiger partial charge is 0.426 e. The van der Waals surface area contributed by atoms with Crippen LogP contribution in [0.2, 0.25) is 0 Å². The number of fused-ring (bicyclic) bond motifs is 1. The van der Waals surface area contributed by atoms with E-state index in [1.807, 2.05) is 97.1 Å². The van der Waals surface area contributed by atoms with Crippen LogP contribution in [0, 0.1) is 0 Å². The van der Waals surface area contributed by atoms with E-state index in [1.165, 1.54) is 30.5 Å². The lowest BCUT2D eigenvalue weighted by Crippen LogP contribution is -2.71. The molecule has 3 aromatic carbocycles. The average Bonchev–Trinajstić information content (AvgIpc) is 3.66. The SMILES string of the molecule is CC(=O)OC(C)OC(=O)C1=C(/C=C\c2cccnc2)CS[C@@H]2[C@H](NC(=O)/C(=N/OC(c3ccccc3)(c3ccccc3)c3ccccc3)c3csc(N)n3)C(=O)N12. The molecule has 13 nitrogen and oxygen atoms in total. The van der Waals surface area contributed by atoms with Crippen molar-refractivity contribution in [3.63, 3.8) is 0 Å². The third-order valence-corrected chi connectivity index (χ3v) is 11.0. The summed E-state index contributed by atoms with van der Waals surface area (Å²) in [5.74, 6) is -2.54. The average molecular weight is 801 g/mol. The van der Waals surface area contributed by atoms with Crippen molar-refractivity contribution in [1.82, 2.24) is 20.2 Å². The molecule has 7 rings (SSSR count). The number of nitrogens with one attached hydrogen (secondary N) is 1. The summed E-state index contributed by atoms with van der Waals surface area (Å²) >= 11 is 2.47. The molecule has 0 aliphatic carbocycles. The highest BCUT2D eigenvalue weighted by molar-refractivity contribution is 8.00. The molecule has 0 radical (unpaired) electrons.